The number of benzene rings is 1. The maximum absolute atomic E-state index is 12.0. The fraction of sp³-hybridized carbons (Fsp3) is 0.462. The van der Waals surface area contributed by atoms with E-state index in [2.05, 4.69) is 0 Å². The van der Waals surface area contributed by atoms with Gasteiger partial charge in [-0.25, -0.2) is 0 Å². The third-order valence-corrected chi connectivity index (χ3v) is 2.66. The Labute approximate surface area is 112 Å². The lowest BCUT2D eigenvalue weighted by atomic mass is 10.1. The second-order valence-corrected chi connectivity index (χ2v) is 5.79. The van der Waals surface area contributed by atoms with Gasteiger partial charge in [-0.05, 0) is 5.92 Å². The van der Waals surface area contributed by atoms with Gasteiger partial charge in [0.1, 0.15) is 0 Å². The molecule has 0 amide bonds. The van der Waals surface area contributed by atoms with Gasteiger partial charge < -0.3 is 4.74 Å². The van der Waals surface area contributed by atoms with E-state index in [0.717, 1.165) is 0 Å². The van der Waals surface area contributed by atoms with Crippen LogP contribution < -0.4 is 0 Å². The first-order chi connectivity index (χ1) is 7.93. The molecule has 0 N–H and O–H groups in total. The van der Waals surface area contributed by atoms with E-state index in [0.29, 0.717) is 18.1 Å². The molecule has 1 aromatic carbocycles. The van der Waals surface area contributed by atoms with Gasteiger partial charge in [-0.2, -0.15) is 0 Å². The third-order valence-electron chi connectivity index (χ3n) is 2.10. The molecule has 0 aromatic heterocycles. The Morgan fingerprint density at radius 3 is 2.41 bits per heavy atom. The molecule has 0 heterocycles. The summed E-state index contributed by atoms with van der Waals surface area (Å²) in [4.78, 5) is 12.0. The standard InChI is InChI=1S/C13H16Cl2O2/c1-10(2)8-17-9-13(14,15)12(16)11-6-4-3-5-7-11/h3-7,10H,8-9H2,1-2H3. The summed E-state index contributed by atoms with van der Waals surface area (Å²) >= 11 is 12.0. The minimum atomic E-state index is -1.52. The van der Waals surface area contributed by atoms with E-state index >= 15 is 0 Å². The quantitative estimate of drug-likeness (QED) is 0.584. The summed E-state index contributed by atoms with van der Waals surface area (Å²) < 4.78 is 3.80. The van der Waals surface area contributed by atoms with Crippen LogP contribution in [0.2, 0.25) is 0 Å². The van der Waals surface area contributed by atoms with Gasteiger partial charge in [0.25, 0.3) is 0 Å². The molecular weight excluding hydrogens is 259 g/mol. The highest BCUT2D eigenvalue weighted by Crippen LogP contribution is 2.26. The molecule has 0 saturated heterocycles. The molecular formula is C13H16Cl2O2. The summed E-state index contributed by atoms with van der Waals surface area (Å²) in [5.74, 6) is 0.0520. The van der Waals surface area contributed by atoms with Gasteiger partial charge in [-0.3, -0.25) is 4.79 Å². The number of Topliss-reactive ketones (excluding diaryl/α,β-unsaturated/α-hetero) is 1. The van der Waals surface area contributed by atoms with Crippen LogP contribution >= 0.6 is 23.2 Å². The first-order valence-electron chi connectivity index (χ1n) is 5.49. The molecule has 0 radical (unpaired) electrons. The first kappa shape index (κ1) is 14.5. The maximum Gasteiger partial charge on any atom is 0.203 e. The molecule has 0 unspecified atom stereocenters. The number of carbonyl (C=O) groups excluding carboxylic acids is 1. The normalized spacial score (nSPS) is 11.8. The average molecular weight is 275 g/mol. The van der Waals surface area contributed by atoms with Crippen LogP contribution in [0.3, 0.4) is 0 Å². The first-order valence-corrected chi connectivity index (χ1v) is 6.24. The lowest BCUT2D eigenvalue weighted by Crippen LogP contribution is -2.32. The number of ketones is 1. The summed E-state index contributed by atoms with van der Waals surface area (Å²) in [5.41, 5.74) is 0.491. The Balaban J connectivity index is 2.61. The molecule has 0 aliphatic rings. The number of halogens is 2. The molecule has 0 aliphatic heterocycles. The van der Waals surface area contributed by atoms with Crippen LogP contribution in [0.1, 0.15) is 24.2 Å². The van der Waals surface area contributed by atoms with Crippen molar-refractivity contribution in [1.82, 2.24) is 0 Å². The zero-order valence-electron chi connectivity index (χ0n) is 9.95. The molecule has 94 valence electrons. The number of alkyl halides is 2. The molecule has 0 fully saturated rings. The Morgan fingerprint density at radius 1 is 1.29 bits per heavy atom. The van der Waals surface area contributed by atoms with Crippen molar-refractivity contribution in [3.05, 3.63) is 35.9 Å². The summed E-state index contributed by atoms with van der Waals surface area (Å²) in [5, 5.41) is 0. The SMILES string of the molecule is CC(C)COCC(Cl)(Cl)C(=O)c1ccccc1. The molecule has 0 aliphatic carbocycles. The number of carbonyl (C=O) groups is 1. The number of ether oxygens (including phenoxy) is 1. The van der Waals surface area contributed by atoms with Crippen LogP contribution in [-0.2, 0) is 4.74 Å². The Bertz CT molecular complexity index is 361. The zero-order chi connectivity index (χ0) is 12.9. The van der Waals surface area contributed by atoms with Crippen LogP contribution in [0.5, 0.6) is 0 Å². The van der Waals surface area contributed by atoms with Crippen LogP contribution in [0.15, 0.2) is 30.3 Å². The van der Waals surface area contributed by atoms with Crippen molar-refractivity contribution in [2.75, 3.05) is 13.2 Å². The van der Waals surface area contributed by atoms with Gasteiger partial charge in [-0.1, -0.05) is 67.4 Å². The van der Waals surface area contributed by atoms with Gasteiger partial charge in [-0.15, -0.1) is 0 Å². The zero-order valence-corrected chi connectivity index (χ0v) is 11.5. The fourth-order valence-corrected chi connectivity index (χ4v) is 1.66. The van der Waals surface area contributed by atoms with E-state index in [9.17, 15) is 4.79 Å². The highest BCUT2D eigenvalue weighted by Gasteiger charge is 2.34. The largest absolute Gasteiger partial charge is 0.378 e. The molecule has 4 heteroatoms. The molecule has 2 nitrogen and oxygen atoms in total. The Kier molecular flexibility index (Phi) is 5.44. The topological polar surface area (TPSA) is 26.3 Å². The van der Waals surface area contributed by atoms with Gasteiger partial charge in [0.15, 0.2) is 0 Å². The fourth-order valence-electron chi connectivity index (χ4n) is 1.29. The van der Waals surface area contributed by atoms with Crippen LogP contribution in [-0.4, -0.2) is 23.3 Å². The van der Waals surface area contributed by atoms with Gasteiger partial charge in [0, 0.05) is 12.2 Å². The van der Waals surface area contributed by atoms with Crippen molar-refractivity contribution in [3.63, 3.8) is 0 Å². The molecule has 0 bridgehead atoms. The van der Waals surface area contributed by atoms with Gasteiger partial charge >= 0.3 is 0 Å². The summed E-state index contributed by atoms with van der Waals surface area (Å²) in [6.45, 7) is 4.57. The third kappa shape index (κ3) is 4.66. The van der Waals surface area contributed by atoms with Crippen molar-refractivity contribution in [2.24, 2.45) is 5.92 Å². The Hall–Kier alpha value is -0.570. The minimum Gasteiger partial charge on any atom is -0.378 e. The van der Waals surface area contributed by atoms with E-state index in [1.165, 1.54) is 0 Å². The molecule has 0 saturated carbocycles. The van der Waals surface area contributed by atoms with Gasteiger partial charge in [0.2, 0.25) is 10.1 Å². The molecule has 0 atom stereocenters. The Morgan fingerprint density at radius 2 is 1.88 bits per heavy atom. The van der Waals surface area contributed by atoms with Crippen molar-refractivity contribution < 1.29 is 9.53 Å². The molecule has 1 aromatic rings. The molecule has 0 spiro atoms. The van der Waals surface area contributed by atoms with E-state index in [4.69, 9.17) is 27.9 Å². The molecule has 1 rings (SSSR count). The van der Waals surface area contributed by atoms with Crippen LogP contribution in [0, 0.1) is 5.92 Å². The minimum absolute atomic E-state index is 0.00200. The van der Waals surface area contributed by atoms with Crippen molar-refractivity contribution in [2.45, 2.75) is 18.2 Å². The second-order valence-electron chi connectivity index (χ2n) is 4.31. The van der Waals surface area contributed by atoms with E-state index in [1.807, 2.05) is 19.9 Å². The summed E-state index contributed by atoms with van der Waals surface area (Å²) in [7, 11) is 0. The highest BCUT2D eigenvalue weighted by molar-refractivity contribution is 6.60. The van der Waals surface area contributed by atoms with Crippen molar-refractivity contribution in [1.29, 1.82) is 0 Å². The number of rotatable bonds is 6. The highest BCUT2D eigenvalue weighted by atomic mass is 35.5. The smallest absolute Gasteiger partial charge is 0.203 e. The predicted molar refractivity (Wildman–Crippen MR) is 70.9 cm³/mol. The number of hydrogen-bond acceptors (Lipinski definition) is 2. The van der Waals surface area contributed by atoms with Crippen LogP contribution in [0.25, 0.3) is 0 Å². The van der Waals surface area contributed by atoms with Gasteiger partial charge in [0.05, 0.1) is 6.61 Å². The lowest BCUT2D eigenvalue weighted by Gasteiger charge is -2.19. The predicted octanol–water partition coefficient (Wildman–Crippen LogP) is 3.72. The van der Waals surface area contributed by atoms with Crippen LogP contribution in [0.4, 0.5) is 0 Å². The van der Waals surface area contributed by atoms with Crippen molar-refractivity contribution in [3.8, 4) is 0 Å². The monoisotopic (exact) mass is 274 g/mol. The number of hydrogen-bond donors (Lipinski definition) is 0. The van der Waals surface area contributed by atoms with Crippen molar-refractivity contribution >= 4 is 29.0 Å². The molecule has 17 heavy (non-hydrogen) atoms. The van der Waals surface area contributed by atoms with E-state index < -0.39 is 4.33 Å². The maximum atomic E-state index is 12.0. The van der Waals surface area contributed by atoms with E-state index in [-0.39, 0.29) is 12.4 Å². The van der Waals surface area contributed by atoms with E-state index in [1.54, 1.807) is 24.3 Å². The summed E-state index contributed by atoms with van der Waals surface area (Å²) in [6, 6.07) is 8.74. The average Bonchev–Trinajstić information content (AvgIpc) is 2.28. The lowest BCUT2D eigenvalue weighted by molar-refractivity contribution is 0.0792. The second kappa shape index (κ2) is 6.39. The summed E-state index contributed by atoms with van der Waals surface area (Å²) in [6.07, 6.45) is 0.